The van der Waals surface area contributed by atoms with Crippen LogP contribution in [-0.4, -0.2) is 5.38 Å². The van der Waals surface area contributed by atoms with Crippen molar-refractivity contribution in [2.75, 3.05) is 0 Å². The fourth-order valence-corrected chi connectivity index (χ4v) is 2.06. The molecule has 0 N–H and O–H groups in total. The van der Waals surface area contributed by atoms with E-state index in [0.29, 0.717) is 5.38 Å². The van der Waals surface area contributed by atoms with Crippen LogP contribution in [0.2, 0.25) is 0 Å². The highest BCUT2D eigenvalue weighted by atomic mass is 35.5. The molecule has 0 aromatic carbocycles. The molecule has 0 amide bonds. The summed E-state index contributed by atoms with van der Waals surface area (Å²) in [5.74, 6) is 0.956. The molecule has 0 spiro atoms. The number of hydrogen-bond acceptors (Lipinski definition) is 0. The molecule has 0 aliphatic heterocycles. The first-order valence-corrected chi connectivity index (χ1v) is 4.40. The predicted molar refractivity (Wildman–Crippen MR) is 41.9 cm³/mol. The van der Waals surface area contributed by atoms with E-state index in [9.17, 15) is 0 Å². The van der Waals surface area contributed by atoms with Crippen molar-refractivity contribution in [2.45, 2.75) is 44.4 Å². The van der Waals surface area contributed by atoms with Crippen LogP contribution in [0.15, 0.2) is 0 Å². The largest absolute Gasteiger partial charge is 0.123 e. The summed E-state index contributed by atoms with van der Waals surface area (Å²) < 4.78 is 0. The van der Waals surface area contributed by atoms with Gasteiger partial charge in [0.05, 0.1) is 0 Å². The highest BCUT2D eigenvalue weighted by molar-refractivity contribution is 6.20. The molecule has 0 aromatic rings. The van der Waals surface area contributed by atoms with E-state index in [0.717, 1.165) is 5.92 Å². The average molecular weight is 147 g/mol. The minimum atomic E-state index is 0.501. The highest BCUT2D eigenvalue weighted by Gasteiger charge is 2.21. The summed E-state index contributed by atoms with van der Waals surface area (Å²) in [4.78, 5) is 0. The lowest BCUT2D eigenvalue weighted by atomic mass is 10.0. The van der Waals surface area contributed by atoms with Crippen molar-refractivity contribution in [3.8, 4) is 0 Å². The van der Waals surface area contributed by atoms with Crippen LogP contribution >= 0.6 is 11.6 Å². The van der Waals surface area contributed by atoms with Gasteiger partial charge in [0.1, 0.15) is 0 Å². The Morgan fingerprint density at radius 1 is 1.44 bits per heavy atom. The maximum absolute atomic E-state index is 5.94. The summed E-state index contributed by atoms with van der Waals surface area (Å²) >= 11 is 5.94. The Hall–Kier alpha value is 0.290. The van der Waals surface area contributed by atoms with E-state index in [4.69, 9.17) is 11.6 Å². The van der Waals surface area contributed by atoms with Gasteiger partial charge in [-0.3, -0.25) is 0 Å². The zero-order chi connectivity index (χ0) is 6.69. The fraction of sp³-hybridized carbons (Fsp3) is 1.00. The molecule has 2 unspecified atom stereocenters. The number of hydrogen-bond donors (Lipinski definition) is 0. The van der Waals surface area contributed by atoms with Crippen LogP contribution in [0.25, 0.3) is 0 Å². The molecule has 1 heteroatoms. The standard InChI is InChI=1S/C8H15Cl/c1-2-3-7-4-5-8(9)6-7/h7-8H,2-6H2,1H3. The Kier molecular flexibility index (Phi) is 2.84. The van der Waals surface area contributed by atoms with Crippen LogP contribution in [0.3, 0.4) is 0 Å². The third-order valence-corrected chi connectivity index (χ3v) is 2.57. The van der Waals surface area contributed by atoms with Crippen LogP contribution in [0.5, 0.6) is 0 Å². The summed E-state index contributed by atoms with van der Waals surface area (Å²) in [7, 11) is 0. The first-order valence-electron chi connectivity index (χ1n) is 3.97. The van der Waals surface area contributed by atoms with Crippen LogP contribution in [0, 0.1) is 5.92 Å². The zero-order valence-corrected chi connectivity index (χ0v) is 6.82. The molecule has 0 nitrogen and oxygen atoms in total. The Bertz CT molecular complexity index is 78.6. The van der Waals surface area contributed by atoms with Crippen LogP contribution < -0.4 is 0 Å². The molecular formula is C8H15Cl. The molecule has 0 saturated heterocycles. The first-order chi connectivity index (χ1) is 4.33. The lowest BCUT2D eigenvalue weighted by molar-refractivity contribution is 0.497. The zero-order valence-electron chi connectivity index (χ0n) is 6.07. The van der Waals surface area contributed by atoms with Crippen molar-refractivity contribution >= 4 is 11.6 Å². The van der Waals surface area contributed by atoms with Gasteiger partial charge < -0.3 is 0 Å². The molecule has 2 atom stereocenters. The maximum atomic E-state index is 5.94. The van der Waals surface area contributed by atoms with Gasteiger partial charge in [-0.25, -0.2) is 0 Å². The number of halogens is 1. The molecule has 54 valence electrons. The molecular weight excluding hydrogens is 132 g/mol. The maximum Gasteiger partial charge on any atom is 0.0338 e. The smallest absolute Gasteiger partial charge is 0.0338 e. The monoisotopic (exact) mass is 146 g/mol. The van der Waals surface area contributed by atoms with Gasteiger partial charge in [-0.2, -0.15) is 0 Å². The van der Waals surface area contributed by atoms with Crippen LogP contribution in [0.4, 0.5) is 0 Å². The Morgan fingerprint density at radius 2 is 2.22 bits per heavy atom. The van der Waals surface area contributed by atoms with E-state index in [-0.39, 0.29) is 0 Å². The van der Waals surface area contributed by atoms with E-state index in [1.54, 1.807) is 0 Å². The molecule has 1 aliphatic carbocycles. The van der Waals surface area contributed by atoms with Gasteiger partial charge in [0.15, 0.2) is 0 Å². The molecule has 0 bridgehead atoms. The second-order valence-corrected chi connectivity index (χ2v) is 3.68. The lowest BCUT2D eigenvalue weighted by Crippen LogP contribution is -1.93. The number of alkyl halides is 1. The molecule has 9 heavy (non-hydrogen) atoms. The third-order valence-electron chi connectivity index (χ3n) is 2.17. The minimum absolute atomic E-state index is 0.501. The van der Waals surface area contributed by atoms with E-state index in [1.165, 1.54) is 32.1 Å². The molecule has 1 rings (SSSR count). The van der Waals surface area contributed by atoms with Crippen molar-refractivity contribution in [3.05, 3.63) is 0 Å². The summed E-state index contributed by atoms with van der Waals surface area (Å²) in [6.07, 6.45) is 6.63. The Labute approximate surface area is 62.6 Å². The second kappa shape index (κ2) is 3.46. The quantitative estimate of drug-likeness (QED) is 0.525. The Balaban J connectivity index is 2.14. The van der Waals surface area contributed by atoms with Gasteiger partial charge in [-0.1, -0.05) is 19.8 Å². The van der Waals surface area contributed by atoms with Crippen molar-refractivity contribution in [1.82, 2.24) is 0 Å². The van der Waals surface area contributed by atoms with Crippen molar-refractivity contribution in [3.63, 3.8) is 0 Å². The average Bonchev–Trinajstić information content (AvgIpc) is 2.17. The van der Waals surface area contributed by atoms with Gasteiger partial charge in [0.25, 0.3) is 0 Å². The molecule has 0 aromatic heterocycles. The van der Waals surface area contributed by atoms with Crippen molar-refractivity contribution < 1.29 is 0 Å². The van der Waals surface area contributed by atoms with Crippen molar-refractivity contribution in [1.29, 1.82) is 0 Å². The van der Waals surface area contributed by atoms with E-state index in [2.05, 4.69) is 6.92 Å². The van der Waals surface area contributed by atoms with Gasteiger partial charge in [0, 0.05) is 5.38 Å². The molecule has 1 aliphatic rings. The minimum Gasteiger partial charge on any atom is -0.123 e. The van der Waals surface area contributed by atoms with Gasteiger partial charge in [0.2, 0.25) is 0 Å². The number of rotatable bonds is 2. The SMILES string of the molecule is CCCC1CCC(Cl)C1. The van der Waals surface area contributed by atoms with E-state index < -0.39 is 0 Å². The Morgan fingerprint density at radius 3 is 2.67 bits per heavy atom. The first kappa shape index (κ1) is 7.40. The van der Waals surface area contributed by atoms with Gasteiger partial charge in [-0.15, -0.1) is 11.6 Å². The lowest BCUT2D eigenvalue weighted by Gasteiger charge is -2.04. The summed E-state index contributed by atoms with van der Waals surface area (Å²) in [5.41, 5.74) is 0. The third kappa shape index (κ3) is 2.17. The topological polar surface area (TPSA) is 0 Å². The molecule has 0 heterocycles. The van der Waals surface area contributed by atoms with E-state index >= 15 is 0 Å². The van der Waals surface area contributed by atoms with Crippen molar-refractivity contribution in [2.24, 2.45) is 5.92 Å². The predicted octanol–water partition coefficient (Wildman–Crippen LogP) is 3.19. The summed E-state index contributed by atoms with van der Waals surface area (Å²) in [6.45, 7) is 2.25. The van der Waals surface area contributed by atoms with Gasteiger partial charge >= 0.3 is 0 Å². The van der Waals surface area contributed by atoms with Crippen LogP contribution in [0.1, 0.15) is 39.0 Å². The summed E-state index contributed by atoms with van der Waals surface area (Å²) in [5, 5.41) is 0.501. The van der Waals surface area contributed by atoms with E-state index in [1.807, 2.05) is 0 Å². The second-order valence-electron chi connectivity index (χ2n) is 3.07. The normalized spacial score (nSPS) is 35.3. The molecule has 0 radical (unpaired) electrons. The van der Waals surface area contributed by atoms with Crippen LogP contribution in [-0.2, 0) is 0 Å². The molecule has 1 fully saturated rings. The fourth-order valence-electron chi connectivity index (χ4n) is 1.68. The summed E-state index contributed by atoms with van der Waals surface area (Å²) in [6, 6.07) is 0. The molecule has 1 saturated carbocycles. The highest BCUT2D eigenvalue weighted by Crippen LogP contribution is 2.32. The van der Waals surface area contributed by atoms with Gasteiger partial charge in [-0.05, 0) is 25.2 Å².